The molecule has 2 unspecified atom stereocenters. The molecule has 0 amide bonds. The third kappa shape index (κ3) is 5.99. The van der Waals surface area contributed by atoms with Crippen LogP contribution in [0.25, 0.3) is 0 Å². The maximum Gasteiger partial charge on any atom is 0.109 e. The summed E-state index contributed by atoms with van der Waals surface area (Å²) < 4.78 is 10.2. The first kappa shape index (κ1) is 12.8. The molecule has 2 atom stereocenters. The van der Waals surface area contributed by atoms with Gasteiger partial charge in [0.05, 0.1) is 13.2 Å². The predicted octanol–water partition coefficient (Wildman–Crippen LogP) is 0.171. The minimum atomic E-state index is -0.739. The van der Waals surface area contributed by atoms with Gasteiger partial charge < -0.3 is 19.7 Å². The van der Waals surface area contributed by atoms with Gasteiger partial charge in [-0.25, -0.2) is 0 Å². The van der Waals surface area contributed by atoms with Crippen molar-refractivity contribution in [1.82, 2.24) is 0 Å². The Hall–Kier alpha value is -0.160. The lowest BCUT2D eigenvalue weighted by atomic mass is 10.2. The lowest BCUT2D eigenvalue weighted by Crippen LogP contribution is -2.36. The van der Waals surface area contributed by atoms with Gasteiger partial charge in [-0.3, -0.25) is 0 Å². The third-order valence-corrected chi connectivity index (χ3v) is 1.63. The minimum absolute atomic E-state index is 0.176. The maximum absolute atomic E-state index is 9.46. The topological polar surface area (TPSA) is 58.9 Å². The van der Waals surface area contributed by atoms with Crippen LogP contribution in [0, 0.1) is 0 Å². The number of aliphatic hydroxyl groups excluding tert-OH is 2. The highest BCUT2D eigenvalue weighted by Crippen LogP contribution is 2.00. The highest BCUT2D eigenvalue weighted by Gasteiger charge is 2.18. The number of hydrogen-bond acceptors (Lipinski definition) is 4. The van der Waals surface area contributed by atoms with Crippen LogP contribution in [-0.2, 0) is 9.47 Å². The Morgan fingerprint density at radius 1 is 1.31 bits per heavy atom. The molecule has 0 radical (unpaired) electrons. The van der Waals surface area contributed by atoms with Crippen molar-refractivity contribution >= 4 is 0 Å². The molecule has 13 heavy (non-hydrogen) atoms. The van der Waals surface area contributed by atoms with Gasteiger partial charge in [0.25, 0.3) is 0 Å². The largest absolute Gasteiger partial charge is 0.394 e. The number of rotatable bonds is 8. The molecule has 0 saturated heterocycles. The average molecular weight is 192 g/mol. The Kier molecular flexibility index (Phi) is 8.33. The Balaban J connectivity index is 3.57. The molecule has 0 aliphatic carbocycles. The van der Waals surface area contributed by atoms with Crippen molar-refractivity contribution in [3.63, 3.8) is 0 Å². The van der Waals surface area contributed by atoms with Crippen molar-refractivity contribution in [2.75, 3.05) is 26.4 Å². The lowest BCUT2D eigenvalue weighted by molar-refractivity contribution is -0.0874. The second kappa shape index (κ2) is 8.44. The quantitative estimate of drug-likeness (QED) is 0.538. The van der Waals surface area contributed by atoms with E-state index in [0.717, 1.165) is 6.42 Å². The Morgan fingerprint density at radius 3 is 2.46 bits per heavy atom. The zero-order chi connectivity index (χ0) is 10.1. The molecule has 0 heterocycles. The van der Waals surface area contributed by atoms with E-state index in [1.807, 2.05) is 13.8 Å². The van der Waals surface area contributed by atoms with Crippen molar-refractivity contribution in [2.24, 2.45) is 0 Å². The molecular formula is C9H20O4. The minimum Gasteiger partial charge on any atom is -0.394 e. The second-order valence-corrected chi connectivity index (χ2v) is 2.82. The van der Waals surface area contributed by atoms with Gasteiger partial charge in [-0.05, 0) is 13.3 Å². The van der Waals surface area contributed by atoms with E-state index in [1.54, 1.807) is 0 Å². The van der Waals surface area contributed by atoms with Crippen molar-refractivity contribution in [3.8, 4) is 0 Å². The molecule has 4 heteroatoms. The molecule has 4 nitrogen and oxygen atoms in total. The summed E-state index contributed by atoms with van der Waals surface area (Å²) in [6, 6.07) is 0. The molecule has 0 aromatic carbocycles. The first-order valence-corrected chi connectivity index (χ1v) is 4.74. The van der Waals surface area contributed by atoms with Crippen LogP contribution >= 0.6 is 0 Å². The standard InChI is InChI=1S/C9H20O4/c1-3-5-12-7-8(11)9(6-10)13-4-2/h8-11H,3-7H2,1-2H3. The van der Waals surface area contributed by atoms with E-state index in [1.165, 1.54) is 0 Å². The zero-order valence-electron chi connectivity index (χ0n) is 8.40. The third-order valence-electron chi connectivity index (χ3n) is 1.63. The molecule has 0 fully saturated rings. The van der Waals surface area contributed by atoms with Crippen molar-refractivity contribution in [1.29, 1.82) is 0 Å². The van der Waals surface area contributed by atoms with E-state index >= 15 is 0 Å². The molecule has 2 N–H and O–H groups in total. The first-order valence-electron chi connectivity index (χ1n) is 4.74. The van der Waals surface area contributed by atoms with Crippen LogP contribution in [0.15, 0.2) is 0 Å². The fraction of sp³-hybridized carbons (Fsp3) is 1.00. The van der Waals surface area contributed by atoms with E-state index in [0.29, 0.717) is 13.2 Å². The van der Waals surface area contributed by atoms with Crippen molar-refractivity contribution < 1.29 is 19.7 Å². The van der Waals surface area contributed by atoms with Gasteiger partial charge in [-0.2, -0.15) is 0 Å². The van der Waals surface area contributed by atoms with Gasteiger partial charge >= 0.3 is 0 Å². The van der Waals surface area contributed by atoms with Crippen molar-refractivity contribution in [3.05, 3.63) is 0 Å². The summed E-state index contributed by atoms with van der Waals surface area (Å²) in [5, 5.41) is 18.3. The van der Waals surface area contributed by atoms with Gasteiger partial charge in [-0.1, -0.05) is 6.92 Å². The zero-order valence-corrected chi connectivity index (χ0v) is 8.40. The summed E-state index contributed by atoms with van der Waals surface area (Å²) >= 11 is 0. The maximum atomic E-state index is 9.46. The van der Waals surface area contributed by atoms with Crippen molar-refractivity contribution in [2.45, 2.75) is 32.5 Å². The Morgan fingerprint density at radius 2 is 2.00 bits per heavy atom. The molecule has 0 rings (SSSR count). The van der Waals surface area contributed by atoms with E-state index in [2.05, 4.69) is 0 Å². The van der Waals surface area contributed by atoms with E-state index < -0.39 is 12.2 Å². The van der Waals surface area contributed by atoms with Gasteiger partial charge in [0.15, 0.2) is 0 Å². The molecule has 80 valence electrons. The van der Waals surface area contributed by atoms with Gasteiger partial charge in [0, 0.05) is 13.2 Å². The summed E-state index contributed by atoms with van der Waals surface area (Å²) in [6.07, 6.45) is -0.344. The first-order chi connectivity index (χ1) is 6.26. The second-order valence-electron chi connectivity index (χ2n) is 2.82. The smallest absolute Gasteiger partial charge is 0.109 e. The summed E-state index contributed by atoms with van der Waals surface area (Å²) in [6.45, 7) is 4.97. The monoisotopic (exact) mass is 192 g/mol. The van der Waals surface area contributed by atoms with Crippen LogP contribution in [0.4, 0.5) is 0 Å². The molecule has 0 saturated carbocycles. The van der Waals surface area contributed by atoms with Crippen LogP contribution in [0.3, 0.4) is 0 Å². The molecule has 0 aliphatic heterocycles. The summed E-state index contributed by atoms with van der Waals surface area (Å²) in [5.74, 6) is 0. The fourth-order valence-electron chi connectivity index (χ4n) is 0.955. The van der Waals surface area contributed by atoms with Crippen LogP contribution < -0.4 is 0 Å². The highest BCUT2D eigenvalue weighted by molar-refractivity contribution is 4.67. The van der Waals surface area contributed by atoms with Crippen LogP contribution in [-0.4, -0.2) is 48.8 Å². The summed E-state index contributed by atoms with van der Waals surface area (Å²) in [4.78, 5) is 0. The molecule has 0 aliphatic rings. The SMILES string of the molecule is CCCOCC(O)C(CO)OCC. The van der Waals surface area contributed by atoms with E-state index in [4.69, 9.17) is 14.6 Å². The van der Waals surface area contributed by atoms with E-state index in [-0.39, 0.29) is 13.2 Å². The molecule has 0 bridgehead atoms. The Labute approximate surface area is 79.5 Å². The fourth-order valence-corrected chi connectivity index (χ4v) is 0.955. The normalized spacial score (nSPS) is 15.7. The Bertz CT molecular complexity index is 108. The molecule has 0 aromatic heterocycles. The summed E-state index contributed by atoms with van der Waals surface area (Å²) in [7, 11) is 0. The van der Waals surface area contributed by atoms with Gasteiger partial charge in [-0.15, -0.1) is 0 Å². The van der Waals surface area contributed by atoms with Gasteiger partial charge in [0.1, 0.15) is 12.2 Å². The molecule has 0 spiro atoms. The molecular weight excluding hydrogens is 172 g/mol. The highest BCUT2D eigenvalue weighted by atomic mass is 16.5. The predicted molar refractivity (Wildman–Crippen MR) is 49.6 cm³/mol. The van der Waals surface area contributed by atoms with Crippen LogP contribution in [0.5, 0.6) is 0 Å². The summed E-state index contributed by atoms with van der Waals surface area (Å²) in [5.41, 5.74) is 0. The number of aliphatic hydroxyl groups is 2. The average Bonchev–Trinajstić information content (AvgIpc) is 2.14. The van der Waals surface area contributed by atoms with Crippen LogP contribution in [0.1, 0.15) is 20.3 Å². The van der Waals surface area contributed by atoms with Gasteiger partial charge in [0.2, 0.25) is 0 Å². The number of hydrogen-bond donors (Lipinski definition) is 2. The molecule has 0 aromatic rings. The van der Waals surface area contributed by atoms with Crippen LogP contribution in [0.2, 0.25) is 0 Å². The lowest BCUT2D eigenvalue weighted by Gasteiger charge is -2.20. The number of ether oxygens (including phenoxy) is 2. The van der Waals surface area contributed by atoms with E-state index in [9.17, 15) is 5.11 Å².